The Labute approximate surface area is 94.2 Å². The predicted octanol–water partition coefficient (Wildman–Crippen LogP) is 1.67. The zero-order valence-electron chi connectivity index (χ0n) is 7.81. The molecule has 0 spiro atoms. The average molecular weight is 270 g/mol. The molecule has 1 rings (SSSR count). The molecule has 0 aliphatic heterocycles. The van der Waals surface area contributed by atoms with Gasteiger partial charge in [0.25, 0.3) is 9.05 Å². The third-order valence-corrected chi connectivity index (χ3v) is 3.03. The maximum absolute atomic E-state index is 13.5. The van der Waals surface area contributed by atoms with Crippen LogP contribution in [0, 0.1) is 15.9 Å². The van der Waals surface area contributed by atoms with Crippen LogP contribution in [-0.4, -0.2) is 20.5 Å². The number of hydrogen-bond acceptors (Lipinski definition) is 5. The van der Waals surface area contributed by atoms with Gasteiger partial charge < -0.3 is 4.74 Å². The Bertz CT molecular complexity index is 544. The van der Waals surface area contributed by atoms with E-state index in [4.69, 9.17) is 10.7 Å². The largest absolute Gasteiger partial charge is 0.495 e. The summed E-state index contributed by atoms with van der Waals surface area (Å²) in [6, 6.07) is 1.75. The van der Waals surface area contributed by atoms with Crippen LogP contribution in [0.1, 0.15) is 0 Å². The molecule has 0 atom stereocenters. The lowest BCUT2D eigenvalue weighted by Gasteiger charge is -2.06. The van der Waals surface area contributed by atoms with E-state index in [1.807, 2.05) is 0 Å². The van der Waals surface area contributed by atoms with Crippen molar-refractivity contribution in [2.24, 2.45) is 0 Å². The smallest absolute Gasteiger partial charge is 0.306 e. The molecule has 0 aliphatic rings. The summed E-state index contributed by atoms with van der Waals surface area (Å²) in [5.74, 6) is -1.93. The highest BCUT2D eigenvalue weighted by atomic mass is 35.7. The Morgan fingerprint density at radius 3 is 2.44 bits per heavy atom. The molecule has 0 saturated carbocycles. The average Bonchev–Trinajstić information content (AvgIpc) is 2.14. The minimum Gasteiger partial charge on any atom is -0.495 e. The van der Waals surface area contributed by atoms with Gasteiger partial charge in [0.2, 0.25) is 5.82 Å². The van der Waals surface area contributed by atoms with E-state index in [0.717, 1.165) is 19.2 Å². The third-order valence-electron chi connectivity index (χ3n) is 1.70. The topological polar surface area (TPSA) is 86.5 Å². The summed E-state index contributed by atoms with van der Waals surface area (Å²) >= 11 is 0. The maximum atomic E-state index is 13.5. The molecule has 16 heavy (non-hydrogen) atoms. The summed E-state index contributed by atoms with van der Waals surface area (Å²) in [7, 11) is 1.58. The minimum atomic E-state index is -4.46. The van der Waals surface area contributed by atoms with Gasteiger partial charge in [-0.3, -0.25) is 10.1 Å². The monoisotopic (exact) mass is 269 g/mol. The van der Waals surface area contributed by atoms with Crippen molar-refractivity contribution < 1.29 is 22.5 Å². The van der Waals surface area contributed by atoms with Gasteiger partial charge in [-0.2, -0.15) is 4.39 Å². The van der Waals surface area contributed by atoms with Crippen LogP contribution in [0.4, 0.5) is 10.1 Å². The molecule has 88 valence electrons. The van der Waals surface area contributed by atoms with Crippen molar-refractivity contribution in [3.63, 3.8) is 0 Å². The molecule has 0 bridgehead atoms. The van der Waals surface area contributed by atoms with Crippen molar-refractivity contribution in [3.05, 3.63) is 28.1 Å². The van der Waals surface area contributed by atoms with E-state index in [1.165, 1.54) is 0 Å². The van der Waals surface area contributed by atoms with Gasteiger partial charge in [-0.1, -0.05) is 0 Å². The first kappa shape index (κ1) is 12.7. The molecule has 0 amide bonds. The number of benzene rings is 1. The van der Waals surface area contributed by atoms with E-state index in [9.17, 15) is 22.9 Å². The number of ether oxygens (including phenoxy) is 1. The minimum absolute atomic E-state index is 0.391. The second-order valence-electron chi connectivity index (χ2n) is 2.63. The molecular formula is C7H5ClFNO5S. The van der Waals surface area contributed by atoms with E-state index in [0.29, 0.717) is 0 Å². The lowest BCUT2D eigenvalue weighted by atomic mass is 10.3. The van der Waals surface area contributed by atoms with E-state index in [-0.39, 0.29) is 0 Å². The van der Waals surface area contributed by atoms with Gasteiger partial charge in [0, 0.05) is 16.7 Å². The van der Waals surface area contributed by atoms with Crippen molar-refractivity contribution in [2.45, 2.75) is 4.90 Å². The van der Waals surface area contributed by atoms with E-state index in [1.54, 1.807) is 0 Å². The van der Waals surface area contributed by atoms with Crippen molar-refractivity contribution in [2.75, 3.05) is 7.11 Å². The molecule has 0 aliphatic carbocycles. The van der Waals surface area contributed by atoms with Gasteiger partial charge in [-0.05, 0) is 6.07 Å². The highest BCUT2D eigenvalue weighted by Gasteiger charge is 2.29. The van der Waals surface area contributed by atoms with Crippen molar-refractivity contribution in [3.8, 4) is 5.75 Å². The second-order valence-corrected chi connectivity index (χ2v) is 5.13. The predicted molar refractivity (Wildman–Crippen MR) is 52.6 cm³/mol. The van der Waals surface area contributed by atoms with Gasteiger partial charge in [-0.15, -0.1) is 0 Å². The second kappa shape index (κ2) is 4.22. The van der Waals surface area contributed by atoms with Crippen LogP contribution in [0.25, 0.3) is 0 Å². The Morgan fingerprint density at radius 2 is 2.06 bits per heavy atom. The molecule has 0 unspecified atom stereocenters. The first-order valence-electron chi connectivity index (χ1n) is 3.74. The molecule has 1 aromatic carbocycles. The fraction of sp³-hybridized carbons (Fsp3) is 0.143. The number of halogens is 2. The zero-order valence-corrected chi connectivity index (χ0v) is 9.38. The van der Waals surface area contributed by atoms with Crippen LogP contribution in [-0.2, 0) is 9.05 Å². The number of nitrogens with zero attached hydrogens (tertiary/aromatic N) is 1. The molecule has 1 aromatic rings. The van der Waals surface area contributed by atoms with E-state index < -0.39 is 36.1 Å². The molecule has 0 saturated heterocycles. The summed E-state index contributed by atoms with van der Waals surface area (Å²) in [4.78, 5) is 8.30. The summed E-state index contributed by atoms with van der Waals surface area (Å²) < 4.78 is 40.1. The molecule has 9 heteroatoms. The van der Waals surface area contributed by atoms with Crippen LogP contribution < -0.4 is 4.74 Å². The van der Waals surface area contributed by atoms with Crippen molar-refractivity contribution in [1.82, 2.24) is 0 Å². The summed E-state index contributed by atoms with van der Waals surface area (Å²) in [6.45, 7) is 0. The standard InChI is InChI=1S/C7H5ClFNO5S/c1-15-5-3-2-4(10(11)12)6(9)7(5)16(8,13)14/h2-3H,1H3. The fourth-order valence-electron chi connectivity index (χ4n) is 1.06. The SMILES string of the molecule is COc1ccc([N+](=O)[O-])c(F)c1S(=O)(=O)Cl. The van der Waals surface area contributed by atoms with Crippen LogP contribution in [0.2, 0.25) is 0 Å². The molecule has 0 aromatic heterocycles. The first-order chi connectivity index (χ1) is 7.29. The fourth-order valence-corrected chi connectivity index (χ4v) is 2.20. The van der Waals surface area contributed by atoms with Crippen LogP contribution in [0.3, 0.4) is 0 Å². The van der Waals surface area contributed by atoms with Gasteiger partial charge in [0.15, 0.2) is 4.90 Å². The lowest BCUT2D eigenvalue weighted by molar-refractivity contribution is -0.387. The number of hydrogen-bond donors (Lipinski definition) is 0. The van der Waals surface area contributed by atoms with Crippen LogP contribution in [0.15, 0.2) is 17.0 Å². The van der Waals surface area contributed by atoms with Crippen molar-refractivity contribution >= 4 is 25.4 Å². The third kappa shape index (κ3) is 2.22. The number of nitro groups is 1. The normalized spacial score (nSPS) is 11.2. The number of rotatable bonds is 3. The number of nitro benzene ring substituents is 1. The quantitative estimate of drug-likeness (QED) is 0.473. The highest BCUT2D eigenvalue weighted by molar-refractivity contribution is 8.13. The maximum Gasteiger partial charge on any atom is 0.306 e. The Hall–Kier alpha value is -1.41. The molecule has 6 nitrogen and oxygen atoms in total. The Morgan fingerprint density at radius 1 is 1.50 bits per heavy atom. The molecule has 0 fully saturated rings. The highest BCUT2D eigenvalue weighted by Crippen LogP contribution is 2.34. The Balaban J connectivity index is 3.67. The van der Waals surface area contributed by atoms with E-state index in [2.05, 4.69) is 4.74 Å². The van der Waals surface area contributed by atoms with Crippen molar-refractivity contribution in [1.29, 1.82) is 0 Å². The zero-order chi connectivity index (χ0) is 12.5. The van der Waals surface area contributed by atoms with Gasteiger partial charge in [0.1, 0.15) is 5.75 Å². The summed E-state index contributed by atoms with van der Waals surface area (Å²) in [5.41, 5.74) is -0.986. The van der Waals surface area contributed by atoms with E-state index >= 15 is 0 Å². The first-order valence-corrected chi connectivity index (χ1v) is 6.05. The van der Waals surface area contributed by atoms with Crippen LogP contribution >= 0.6 is 10.7 Å². The molecule has 0 N–H and O–H groups in total. The summed E-state index contributed by atoms with van der Waals surface area (Å²) in [5, 5.41) is 10.4. The van der Waals surface area contributed by atoms with Gasteiger partial charge in [-0.25, -0.2) is 8.42 Å². The van der Waals surface area contributed by atoms with Crippen LogP contribution in [0.5, 0.6) is 5.75 Å². The Kier molecular flexibility index (Phi) is 3.34. The molecule has 0 radical (unpaired) electrons. The molecular weight excluding hydrogens is 265 g/mol. The lowest BCUT2D eigenvalue weighted by Crippen LogP contribution is -2.03. The van der Waals surface area contributed by atoms with Gasteiger partial charge >= 0.3 is 5.69 Å². The summed E-state index contributed by atoms with van der Waals surface area (Å²) in [6.07, 6.45) is 0. The molecule has 0 heterocycles. The van der Waals surface area contributed by atoms with Gasteiger partial charge in [0.05, 0.1) is 12.0 Å². The number of methoxy groups -OCH3 is 1.